The maximum absolute atomic E-state index is 4.11. The quantitative estimate of drug-likeness (QED) is 0.319. The van der Waals surface area contributed by atoms with E-state index in [1.165, 1.54) is 51.4 Å². The van der Waals surface area contributed by atoms with Crippen molar-refractivity contribution in [2.45, 2.75) is 101 Å². The lowest BCUT2D eigenvalue weighted by molar-refractivity contribution is 0.222. The fourth-order valence-electron chi connectivity index (χ4n) is 8.85. The zero-order chi connectivity index (χ0) is 19.0. The predicted octanol–water partition coefficient (Wildman–Crippen LogP) is 8.24. The van der Waals surface area contributed by atoms with Crippen LogP contribution in [0.15, 0.2) is 25.3 Å². The van der Waals surface area contributed by atoms with Crippen LogP contribution in [0.4, 0.5) is 0 Å². The van der Waals surface area contributed by atoms with E-state index in [1.54, 1.807) is 25.7 Å². The highest BCUT2D eigenvalue weighted by Gasteiger charge is 2.56. The molecule has 8 unspecified atom stereocenters. The average molecular weight is 385 g/mol. The van der Waals surface area contributed by atoms with Gasteiger partial charge in [0.2, 0.25) is 0 Å². The molecule has 4 rings (SSSR count). The zero-order valence-electron chi connectivity index (χ0n) is 18.2. The van der Waals surface area contributed by atoms with Gasteiger partial charge in [0.1, 0.15) is 0 Å². The summed E-state index contributed by atoms with van der Waals surface area (Å²) in [5.74, 6) is 6.17. The summed E-state index contributed by atoms with van der Waals surface area (Å²) in [7, 11) is -1.26. The van der Waals surface area contributed by atoms with Gasteiger partial charge in [-0.1, -0.05) is 63.8 Å². The second-order valence-corrected chi connectivity index (χ2v) is 16.4. The molecule has 152 valence electrons. The van der Waals surface area contributed by atoms with Gasteiger partial charge in [0, 0.05) is 0 Å². The molecule has 0 aromatic rings. The molecule has 0 aromatic heterocycles. The molecule has 0 nitrogen and oxygen atoms in total. The Morgan fingerprint density at radius 3 is 1.41 bits per heavy atom. The van der Waals surface area contributed by atoms with Crippen LogP contribution in [0.5, 0.6) is 0 Å². The van der Waals surface area contributed by atoms with Crippen LogP contribution in [0.25, 0.3) is 0 Å². The van der Waals surface area contributed by atoms with Crippen molar-refractivity contribution in [3.8, 4) is 0 Å². The molecule has 0 bridgehead atoms. The van der Waals surface area contributed by atoms with Crippen LogP contribution < -0.4 is 0 Å². The molecule has 1 heteroatoms. The van der Waals surface area contributed by atoms with Gasteiger partial charge in [-0.25, -0.2) is 0 Å². The maximum atomic E-state index is 4.11. The molecule has 0 saturated heterocycles. The third-order valence-electron chi connectivity index (χ3n) is 9.96. The molecule has 0 aliphatic heterocycles. The predicted molar refractivity (Wildman–Crippen MR) is 122 cm³/mol. The van der Waals surface area contributed by atoms with Gasteiger partial charge >= 0.3 is 0 Å². The molecule has 8 atom stereocenters. The molecule has 0 radical (unpaired) electrons. The number of hydrogen-bond donors (Lipinski definition) is 0. The fourth-order valence-corrected chi connectivity index (χ4v) is 14.3. The third-order valence-corrected chi connectivity index (χ3v) is 15.1. The Kier molecular flexibility index (Phi) is 6.08. The maximum Gasteiger partial charge on any atom is 0.0541 e. The monoisotopic (exact) mass is 384 g/mol. The van der Waals surface area contributed by atoms with Crippen LogP contribution in [0.2, 0.25) is 24.2 Å². The summed E-state index contributed by atoms with van der Waals surface area (Å²) in [4.78, 5) is 0. The van der Waals surface area contributed by atoms with Gasteiger partial charge in [0.05, 0.1) is 8.07 Å². The summed E-state index contributed by atoms with van der Waals surface area (Å²) >= 11 is 0. The second kappa shape index (κ2) is 8.21. The summed E-state index contributed by atoms with van der Waals surface area (Å²) < 4.78 is 0. The first-order chi connectivity index (χ1) is 13.1. The van der Waals surface area contributed by atoms with E-state index in [-0.39, 0.29) is 0 Å². The van der Waals surface area contributed by atoms with Gasteiger partial charge in [0.25, 0.3) is 0 Å². The Bertz CT molecular complexity index is 488. The average Bonchev–Trinajstić information content (AvgIpc) is 3.23. The van der Waals surface area contributed by atoms with Gasteiger partial charge < -0.3 is 0 Å². The number of allylic oxidation sites excluding steroid dienone is 2. The van der Waals surface area contributed by atoms with Crippen LogP contribution in [-0.4, -0.2) is 8.07 Å². The minimum atomic E-state index is -1.26. The Morgan fingerprint density at radius 2 is 1.04 bits per heavy atom. The van der Waals surface area contributed by atoms with Crippen molar-refractivity contribution >= 4 is 8.07 Å². The molecule has 4 aliphatic rings. The SMILES string of the molecule is C=CCC1CC([Si](C)(C)C2CC(CC=C)C3CCCCC32)C2CCCCC12. The van der Waals surface area contributed by atoms with Crippen molar-refractivity contribution in [2.24, 2.45) is 35.5 Å². The Morgan fingerprint density at radius 1 is 0.667 bits per heavy atom. The molecular formula is C26H44Si. The Balaban J connectivity index is 1.58. The van der Waals surface area contributed by atoms with E-state index in [2.05, 4.69) is 38.4 Å². The number of rotatable bonds is 6. The van der Waals surface area contributed by atoms with Crippen LogP contribution >= 0.6 is 0 Å². The molecule has 0 aromatic carbocycles. The highest BCUT2D eigenvalue weighted by Crippen LogP contribution is 2.64. The van der Waals surface area contributed by atoms with Crippen molar-refractivity contribution in [3.05, 3.63) is 25.3 Å². The molecule has 4 fully saturated rings. The van der Waals surface area contributed by atoms with E-state index in [0.717, 1.165) is 46.6 Å². The van der Waals surface area contributed by atoms with E-state index < -0.39 is 8.07 Å². The molecular weight excluding hydrogens is 340 g/mol. The molecule has 0 amide bonds. The highest BCUT2D eigenvalue weighted by molar-refractivity contribution is 6.80. The molecule has 4 saturated carbocycles. The molecule has 27 heavy (non-hydrogen) atoms. The molecule has 4 aliphatic carbocycles. The van der Waals surface area contributed by atoms with Gasteiger partial charge in [-0.2, -0.15) is 0 Å². The van der Waals surface area contributed by atoms with Gasteiger partial charge in [0.15, 0.2) is 0 Å². The minimum absolute atomic E-state index is 0.970. The highest BCUT2D eigenvalue weighted by atomic mass is 28.3. The van der Waals surface area contributed by atoms with Gasteiger partial charge in [-0.3, -0.25) is 0 Å². The van der Waals surface area contributed by atoms with E-state index in [4.69, 9.17) is 0 Å². The van der Waals surface area contributed by atoms with Crippen LogP contribution in [0.3, 0.4) is 0 Å². The number of hydrogen-bond acceptors (Lipinski definition) is 0. The molecule has 0 spiro atoms. The zero-order valence-corrected chi connectivity index (χ0v) is 19.2. The van der Waals surface area contributed by atoms with Crippen molar-refractivity contribution in [3.63, 3.8) is 0 Å². The summed E-state index contributed by atoms with van der Waals surface area (Å²) in [5, 5.41) is 0. The summed E-state index contributed by atoms with van der Waals surface area (Å²) in [6.07, 6.45) is 22.3. The lowest BCUT2D eigenvalue weighted by atomic mass is 9.77. The van der Waals surface area contributed by atoms with E-state index >= 15 is 0 Å². The largest absolute Gasteiger partial charge is 0.103 e. The first-order valence-corrected chi connectivity index (χ1v) is 15.4. The normalized spacial score (nSPS) is 44.5. The minimum Gasteiger partial charge on any atom is -0.103 e. The van der Waals surface area contributed by atoms with Crippen molar-refractivity contribution in [1.82, 2.24) is 0 Å². The van der Waals surface area contributed by atoms with E-state index in [0.29, 0.717) is 0 Å². The van der Waals surface area contributed by atoms with Gasteiger partial charge in [-0.05, 0) is 85.1 Å². The Hall–Kier alpha value is -0.303. The first kappa shape index (κ1) is 20.0. The van der Waals surface area contributed by atoms with Crippen LogP contribution in [0, 0.1) is 35.5 Å². The van der Waals surface area contributed by atoms with Crippen molar-refractivity contribution < 1.29 is 0 Å². The fraction of sp³-hybridized carbons (Fsp3) is 0.846. The smallest absolute Gasteiger partial charge is 0.0541 e. The van der Waals surface area contributed by atoms with Crippen LogP contribution in [-0.2, 0) is 0 Å². The molecule has 0 N–H and O–H groups in total. The Labute approximate surface area is 170 Å². The first-order valence-electron chi connectivity index (χ1n) is 12.3. The molecule has 0 heterocycles. The lowest BCUT2D eigenvalue weighted by Gasteiger charge is -2.45. The van der Waals surface area contributed by atoms with Crippen molar-refractivity contribution in [2.75, 3.05) is 0 Å². The topological polar surface area (TPSA) is 0 Å². The second-order valence-electron chi connectivity index (χ2n) is 11.3. The summed E-state index contributed by atoms with van der Waals surface area (Å²) in [6, 6.07) is 0. The third kappa shape index (κ3) is 3.56. The summed E-state index contributed by atoms with van der Waals surface area (Å²) in [5.41, 5.74) is 2.20. The standard InChI is InChI=1S/C26H44Si/c1-5-11-19-17-25(23-15-9-7-13-21(19)23)27(3,4)26-18-20(12-6-2)22-14-8-10-16-24(22)26/h5-6,19-26H,1-2,7-18H2,3-4H3. The van der Waals surface area contributed by atoms with Crippen LogP contribution in [0.1, 0.15) is 77.0 Å². The lowest BCUT2D eigenvalue weighted by Crippen LogP contribution is -2.43. The summed E-state index contributed by atoms with van der Waals surface area (Å²) in [6.45, 7) is 13.9. The van der Waals surface area contributed by atoms with E-state index in [9.17, 15) is 0 Å². The van der Waals surface area contributed by atoms with E-state index in [1.807, 2.05) is 0 Å². The van der Waals surface area contributed by atoms with Crippen molar-refractivity contribution in [1.29, 1.82) is 0 Å². The van der Waals surface area contributed by atoms with Gasteiger partial charge in [-0.15, -0.1) is 13.2 Å². The number of fused-ring (bicyclic) bond motifs is 2.